The number of carboxylic acid groups (broad SMARTS) is 1. The number of hydrogen-bond donors (Lipinski definition) is 5. The molecule has 1 aliphatic rings. The molecule has 10 nitrogen and oxygen atoms in total. The lowest BCUT2D eigenvalue weighted by molar-refractivity contribution is -0.271. The van der Waals surface area contributed by atoms with E-state index in [-0.39, 0.29) is 10.9 Å². The monoisotopic (exact) mass is 404 g/mol. The van der Waals surface area contributed by atoms with Gasteiger partial charge in [-0.15, -0.1) is 0 Å². The van der Waals surface area contributed by atoms with Crippen molar-refractivity contribution in [3.63, 3.8) is 0 Å². The quantitative estimate of drug-likeness (QED) is 0.415. The van der Waals surface area contributed by atoms with Crippen LogP contribution < -0.4 is 10.4 Å². The van der Waals surface area contributed by atoms with Gasteiger partial charge >= 0.3 is 11.6 Å². The van der Waals surface area contributed by atoms with Gasteiger partial charge in [0.25, 0.3) is 0 Å². The lowest BCUT2D eigenvalue weighted by Crippen LogP contribution is -2.61. The molecule has 1 fully saturated rings. The molecule has 5 N–H and O–H groups in total. The molecule has 152 valence electrons. The number of aliphatic carboxylic acids is 1. The average Bonchev–Trinajstić information content (AvgIpc) is 2.64. The predicted molar refractivity (Wildman–Crippen MR) is 83.7 cm³/mol. The molecule has 12 heteroatoms. The Morgan fingerprint density at radius 2 is 1.82 bits per heavy atom. The summed E-state index contributed by atoms with van der Waals surface area (Å²) < 4.78 is 42.3. The van der Waals surface area contributed by atoms with Gasteiger partial charge in [-0.25, -0.2) is 14.0 Å². The van der Waals surface area contributed by atoms with E-state index >= 15 is 0 Å². The Labute approximate surface area is 153 Å². The van der Waals surface area contributed by atoms with Crippen LogP contribution in [0, 0.1) is 18.6 Å². The maximum atomic E-state index is 14.0. The number of ether oxygens (including phenoxy) is 2. The van der Waals surface area contributed by atoms with Crippen LogP contribution in [0.3, 0.4) is 0 Å². The van der Waals surface area contributed by atoms with Crippen molar-refractivity contribution in [2.24, 2.45) is 0 Å². The van der Waals surface area contributed by atoms with Crippen molar-refractivity contribution < 1.29 is 53.0 Å². The van der Waals surface area contributed by atoms with Crippen molar-refractivity contribution in [2.75, 3.05) is 0 Å². The van der Waals surface area contributed by atoms with Crippen LogP contribution in [0.1, 0.15) is 5.56 Å². The molecule has 1 aliphatic heterocycles. The van der Waals surface area contributed by atoms with Gasteiger partial charge in [-0.3, -0.25) is 0 Å². The number of phenols is 1. The molecule has 1 aromatic carbocycles. The molecule has 2 aromatic rings. The van der Waals surface area contributed by atoms with Gasteiger partial charge in [-0.05, 0) is 13.0 Å². The van der Waals surface area contributed by atoms with Crippen molar-refractivity contribution in [3.8, 4) is 11.5 Å². The first-order chi connectivity index (χ1) is 13.0. The molecule has 0 aliphatic carbocycles. The van der Waals surface area contributed by atoms with Crippen LogP contribution >= 0.6 is 0 Å². The van der Waals surface area contributed by atoms with E-state index in [4.69, 9.17) is 19.0 Å². The summed E-state index contributed by atoms with van der Waals surface area (Å²) in [6.07, 6.45) is -9.84. The first-order valence-corrected chi connectivity index (χ1v) is 7.78. The number of aryl methyl sites for hydroxylation is 1. The number of halogens is 2. The number of carbonyl (C=O) groups is 1. The van der Waals surface area contributed by atoms with Crippen LogP contribution in [0.2, 0.25) is 0 Å². The van der Waals surface area contributed by atoms with Crippen molar-refractivity contribution in [1.29, 1.82) is 0 Å². The zero-order valence-corrected chi connectivity index (χ0v) is 14.0. The number of rotatable bonds is 3. The fraction of sp³-hybridized carbons (Fsp3) is 0.375. The highest BCUT2D eigenvalue weighted by molar-refractivity contribution is 5.84. The number of fused-ring (bicyclic) bond motifs is 1. The van der Waals surface area contributed by atoms with E-state index in [9.17, 15) is 38.8 Å². The van der Waals surface area contributed by atoms with Crippen LogP contribution in [-0.2, 0) is 9.53 Å². The van der Waals surface area contributed by atoms with Gasteiger partial charge in [-0.1, -0.05) is 0 Å². The van der Waals surface area contributed by atoms with Gasteiger partial charge in [0.05, 0.1) is 0 Å². The molecular weight excluding hydrogens is 390 g/mol. The second-order valence-corrected chi connectivity index (χ2v) is 6.09. The summed E-state index contributed by atoms with van der Waals surface area (Å²) in [7, 11) is 0. The van der Waals surface area contributed by atoms with Crippen LogP contribution in [0.5, 0.6) is 11.5 Å². The summed E-state index contributed by atoms with van der Waals surface area (Å²) >= 11 is 0. The Hall–Kier alpha value is -2.80. The van der Waals surface area contributed by atoms with E-state index in [0.29, 0.717) is 6.07 Å². The van der Waals surface area contributed by atoms with Crippen LogP contribution in [0.15, 0.2) is 15.3 Å². The van der Waals surface area contributed by atoms with Crippen LogP contribution in [-0.4, -0.2) is 62.2 Å². The third kappa shape index (κ3) is 3.05. The average molecular weight is 404 g/mol. The molecular formula is C16H14F2O10. The summed E-state index contributed by atoms with van der Waals surface area (Å²) in [5.74, 6) is -6.56. The van der Waals surface area contributed by atoms with Gasteiger partial charge < -0.3 is 39.4 Å². The first-order valence-electron chi connectivity index (χ1n) is 7.78. The SMILES string of the molecule is Cc1c(O[C@@H]2O[C@H](C(=O)O)[C@@H](O)[C@H](O)[C@H]2O)c(=O)oc2c(F)c(O)c(F)cc12. The summed E-state index contributed by atoms with van der Waals surface area (Å²) in [5, 5.41) is 47.4. The summed E-state index contributed by atoms with van der Waals surface area (Å²) in [6.45, 7) is 1.21. The second kappa shape index (κ2) is 6.98. The summed E-state index contributed by atoms with van der Waals surface area (Å²) in [4.78, 5) is 23.3. The molecule has 0 amide bonds. The normalized spacial score (nSPS) is 27.7. The van der Waals surface area contributed by atoms with Crippen LogP contribution in [0.4, 0.5) is 8.78 Å². The van der Waals surface area contributed by atoms with Gasteiger partial charge in [0.2, 0.25) is 17.9 Å². The molecule has 3 rings (SSSR count). The number of hydrogen-bond acceptors (Lipinski definition) is 9. The molecule has 5 atom stereocenters. The van der Waals surface area contributed by atoms with E-state index in [1.54, 1.807) is 0 Å². The zero-order valence-electron chi connectivity index (χ0n) is 14.0. The highest BCUT2D eigenvalue weighted by atomic mass is 19.1. The van der Waals surface area contributed by atoms with Crippen molar-refractivity contribution in [1.82, 2.24) is 0 Å². The Morgan fingerprint density at radius 1 is 1.18 bits per heavy atom. The standard InChI is InChI=1S/C16H14F2O10/c1-3-4-2-5(17)7(19)6(18)12(4)26-15(25)11(3)27-16-10(22)8(20)9(21)13(28-16)14(23)24/h2,8-10,13,16,19-22H,1H3,(H,23,24)/t8-,9-,10+,13-,16+/m0/s1. The molecule has 28 heavy (non-hydrogen) atoms. The van der Waals surface area contributed by atoms with E-state index in [1.807, 2.05) is 0 Å². The number of aliphatic hydroxyl groups excluding tert-OH is 3. The fourth-order valence-electron chi connectivity index (χ4n) is 2.79. The smallest absolute Gasteiger partial charge is 0.379 e. The number of aliphatic hydroxyl groups is 3. The highest BCUT2D eigenvalue weighted by Gasteiger charge is 2.48. The molecule has 0 radical (unpaired) electrons. The molecule has 1 saturated heterocycles. The lowest BCUT2D eigenvalue weighted by Gasteiger charge is -2.38. The van der Waals surface area contributed by atoms with Crippen molar-refractivity contribution in [2.45, 2.75) is 37.6 Å². The number of phenolic OH excluding ortho intramolecular Hbond substituents is 1. The topological polar surface area (TPSA) is 167 Å². The fourth-order valence-corrected chi connectivity index (χ4v) is 2.79. The highest BCUT2D eigenvalue weighted by Crippen LogP contribution is 2.33. The van der Waals surface area contributed by atoms with Crippen LogP contribution in [0.25, 0.3) is 11.0 Å². The Bertz CT molecular complexity index is 1000. The minimum atomic E-state index is -1.99. The Morgan fingerprint density at radius 3 is 2.43 bits per heavy atom. The van der Waals surface area contributed by atoms with E-state index < -0.39 is 71.0 Å². The molecule has 0 spiro atoms. The molecule has 1 aromatic heterocycles. The zero-order chi connectivity index (χ0) is 20.9. The van der Waals surface area contributed by atoms with Gasteiger partial charge in [0.1, 0.15) is 18.3 Å². The number of carboxylic acids is 1. The number of benzene rings is 1. The molecule has 0 bridgehead atoms. The Balaban J connectivity index is 2.06. The van der Waals surface area contributed by atoms with Gasteiger partial charge in [0, 0.05) is 10.9 Å². The third-order valence-corrected chi connectivity index (χ3v) is 4.32. The summed E-state index contributed by atoms with van der Waals surface area (Å²) in [5.41, 5.74) is -2.23. The predicted octanol–water partition coefficient (Wildman–Crippen LogP) is -0.644. The van der Waals surface area contributed by atoms with Crippen molar-refractivity contribution >= 4 is 16.9 Å². The van der Waals surface area contributed by atoms with E-state index in [2.05, 4.69) is 0 Å². The van der Waals surface area contributed by atoms with Gasteiger partial charge in [0.15, 0.2) is 23.3 Å². The minimum Gasteiger partial charge on any atom is -0.503 e. The summed E-state index contributed by atoms with van der Waals surface area (Å²) in [6, 6.07) is 0.676. The van der Waals surface area contributed by atoms with Gasteiger partial charge in [-0.2, -0.15) is 4.39 Å². The maximum Gasteiger partial charge on any atom is 0.379 e. The lowest BCUT2D eigenvalue weighted by atomic mass is 9.99. The molecule has 0 saturated carbocycles. The van der Waals surface area contributed by atoms with E-state index in [0.717, 1.165) is 0 Å². The number of aromatic hydroxyl groups is 1. The van der Waals surface area contributed by atoms with Crippen molar-refractivity contribution in [3.05, 3.63) is 33.7 Å². The first kappa shape index (κ1) is 19.9. The largest absolute Gasteiger partial charge is 0.503 e. The second-order valence-electron chi connectivity index (χ2n) is 6.09. The minimum absolute atomic E-state index is 0.174. The Kier molecular flexibility index (Phi) is 4.97. The third-order valence-electron chi connectivity index (χ3n) is 4.32. The molecule has 2 heterocycles. The van der Waals surface area contributed by atoms with E-state index in [1.165, 1.54) is 6.92 Å². The maximum absolute atomic E-state index is 14.0. The molecule has 0 unspecified atom stereocenters.